The maximum atomic E-state index is 3.48. The summed E-state index contributed by atoms with van der Waals surface area (Å²) in [7, 11) is 0. The van der Waals surface area contributed by atoms with E-state index in [4.69, 9.17) is 0 Å². The van der Waals surface area contributed by atoms with Crippen molar-refractivity contribution in [1.29, 1.82) is 0 Å². The highest BCUT2D eigenvalue weighted by Gasteiger charge is 2.03. The Hall–Kier alpha value is -0.660. The third kappa shape index (κ3) is 3.65. The number of rotatable bonds is 1. The van der Waals surface area contributed by atoms with Gasteiger partial charge in [0.2, 0.25) is 0 Å². The maximum absolute atomic E-state index is 3.48. The Balaban J connectivity index is 2.56. The van der Waals surface area contributed by atoms with Gasteiger partial charge in [-0.3, -0.25) is 0 Å². The van der Waals surface area contributed by atoms with Gasteiger partial charge in [0.15, 0.2) is 0 Å². The minimum absolute atomic E-state index is 0.665. The molecule has 0 N–H and O–H groups in total. The van der Waals surface area contributed by atoms with Crippen molar-refractivity contribution in [2.45, 2.75) is 19.3 Å². The van der Waals surface area contributed by atoms with Gasteiger partial charge in [-0.1, -0.05) is 39.6 Å². The molecule has 0 nitrogen and oxygen atoms in total. The Morgan fingerprint density at radius 2 is 2.00 bits per heavy atom. The predicted octanol–water partition coefficient (Wildman–Crippen LogP) is 2.74. The average molecular weight is 223 g/mol. The van der Waals surface area contributed by atoms with E-state index in [1.165, 1.54) is 0 Å². The van der Waals surface area contributed by atoms with Crippen LogP contribution in [-0.4, -0.2) is 5.33 Å². The van der Waals surface area contributed by atoms with E-state index < -0.39 is 0 Å². The fourth-order valence-electron chi connectivity index (χ4n) is 0.987. The van der Waals surface area contributed by atoms with Crippen molar-refractivity contribution in [1.82, 2.24) is 0 Å². The van der Waals surface area contributed by atoms with E-state index in [2.05, 4.69) is 39.6 Å². The van der Waals surface area contributed by atoms with Gasteiger partial charge in [0, 0.05) is 18.2 Å². The molecule has 0 radical (unpaired) electrons. The van der Waals surface area contributed by atoms with Gasteiger partial charge < -0.3 is 0 Å². The zero-order valence-electron chi connectivity index (χ0n) is 6.94. The summed E-state index contributed by atoms with van der Waals surface area (Å²) in [4.78, 5) is 0. The zero-order valence-corrected chi connectivity index (χ0v) is 8.52. The average Bonchev–Trinajstić information content (AvgIpc) is 2.14. The number of hydrogen-bond donors (Lipinski definition) is 0. The molecule has 62 valence electrons. The first-order valence-corrected chi connectivity index (χ1v) is 5.23. The quantitative estimate of drug-likeness (QED) is 0.473. The molecule has 0 aromatic heterocycles. The number of halogens is 1. The first-order valence-electron chi connectivity index (χ1n) is 4.11. The summed E-state index contributed by atoms with van der Waals surface area (Å²) < 4.78 is 0. The van der Waals surface area contributed by atoms with Crippen LogP contribution in [0, 0.1) is 29.6 Å². The standard InChI is InChI=1S/C11H11Br/c12-10-11-8-6-4-2-1-3-5-7-9-11/h1-2,11H,7-10H2/b2-1-. The molecular weight excluding hydrogens is 212 g/mol. The molecular formula is C11H11Br. The zero-order chi connectivity index (χ0) is 8.65. The molecule has 0 saturated heterocycles. The van der Waals surface area contributed by atoms with E-state index in [1.807, 2.05) is 12.2 Å². The van der Waals surface area contributed by atoms with Crippen LogP contribution in [0.5, 0.6) is 0 Å². The van der Waals surface area contributed by atoms with Crippen molar-refractivity contribution in [3.05, 3.63) is 12.2 Å². The Labute approximate surface area is 82.6 Å². The molecule has 1 heteroatoms. The molecule has 0 saturated carbocycles. The predicted molar refractivity (Wildman–Crippen MR) is 55.8 cm³/mol. The fraction of sp³-hybridized carbons (Fsp3) is 0.455. The van der Waals surface area contributed by atoms with Crippen LogP contribution in [0.15, 0.2) is 12.2 Å². The van der Waals surface area contributed by atoms with Crippen molar-refractivity contribution in [2.24, 2.45) is 5.92 Å². The Morgan fingerprint density at radius 1 is 1.25 bits per heavy atom. The number of alkyl halides is 1. The molecule has 0 aromatic carbocycles. The topological polar surface area (TPSA) is 0 Å². The smallest absolute Gasteiger partial charge is 0.0129 e. The van der Waals surface area contributed by atoms with Gasteiger partial charge in [-0.25, -0.2) is 0 Å². The van der Waals surface area contributed by atoms with Gasteiger partial charge in [0.25, 0.3) is 0 Å². The molecule has 0 fully saturated rings. The lowest BCUT2D eigenvalue weighted by molar-refractivity contribution is 0.572. The van der Waals surface area contributed by atoms with Crippen molar-refractivity contribution >= 4 is 15.9 Å². The Bertz CT molecular complexity index is 267. The normalized spacial score (nSPS) is 24.2. The van der Waals surface area contributed by atoms with Crippen molar-refractivity contribution < 1.29 is 0 Å². The Kier molecular flexibility index (Phi) is 4.65. The van der Waals surface area contributed by atoms with E-state index in [9.17, 15) is 0 Å². The molecule has 12 heavy (non-hydrogen) atoms. The van der Waals surface area contributed by atoms with Gasteiger partial charge >= 0.3 is 0 Å². The van der Waals surface area contributed by atoms with Gasteiger partial charge in [0.1, 0.15) is 0 Å². The van der Waals surface area contributed by atoms with Crippen LogP contribution in [0.3, 0.4) is 0 Å². The van der Waals surface area contributed by atoms with Gasteiger partial charge in [-0.15, -0.1) is 0 Å². The highest BCUT2D eigenvalue weighted by Crippen LogP contribution is 2.13. The SMILES string of the molecule is BrCC1CC#C/C=C\C#CCC1. The van der Waals surface area contributed by atoms with Crippen LogP contribution < -0.4 is 0 Å². The summed E-state index contributed by atoms with van der Waals surface area (Å²) in [6.07, 6.45) is 6.77. The minimum Gasteiger partial charge on any atom is -0.0985 e. The third-order valence-electron chi connectivity index (χ3n) is 1.74. The second-order valence-electron chi connectivity index (χ2n) is 2.74. The van der Waals surface area contributed by atoms with Crippen LogP contribution >= 0.6 is 15.9 Å². The molecule has 0 aliphatic heterocycles. The molecule has 0 spiro atoms. The third-order valence-corrected chi connectivity index (χ3v) is 2.66. The highest BCUT2D eigenvalue weighted by atomic mass is 79.9. The van der Waals surface area contributed by atoms with Gasteiger partial charge in [0.05, 0.1) is 0 Å². The second-order valence-corrected chi connectivity index (χ2v) is 3.39. The summed E-state index contributed by atoms with van der Waals surface area (Å²) in [5.74, 6) is 12.8. The molecule has 1 aliphatic carbocycles. The number of hydrogen-bond acceptors (Lipinski definition) is 0. The van der Waals surface area contributed by atoms with Crippen LogP contribution in [-0.2, 0) is 0 Å². The van der Waals surface area contributed by atoms with Gasteiger partial charge in [-0.2, -0.15) is 0 Å². The molecule has 0 bridgehead atoms. The molecule has 1 rings (SSSR count). The monoisotopic (exact) mass is 222 g/mol. The summed E-state index contributed by atoms with van der Waals surface area (Å²) in [6.45, 7) is 0. The molecule has 0 heterocycles. The summed E-state index contributed by atoms with van der Waals surface area (Å²) >= 11 is 3.48. The van der Waals surface area contributed by atoms with Crippen LogP contribution in [0.2, 0.25) is 0 Å². The lowest BCUT2D eigenvalue weighted by Crippen LogP contribution is -2.00. The fourth-order valence-corrected chi connectivity index (χ4v) is 1.54. The van der Waals surface area contributed by atoms with Crippen LogP contribution in [0.1, 0.15) is 19.3 Å². The molecule has 1 atom stereocenters. The highest BCUT2D eigenvalue weighted by molar-refractivity contribution is 9.09. The second kappa shape index (κ2) is 5.92. The summed E-state index contributed by atoms with van der Waals surface area (Å²) in [5.41, 5.74) is 0. The lowest BCUT2D eigenvalue weighted by atomic mass is 10.0. The Morgan fingerprint density at radius 3 is 2.75 bits per heavy atom. The number of allylic oxidation sites excluding steroid dienone is 2. The van der Waals surface area contributed by atoms with Crippen molar-refractivity contribution in [3.8, 4) is 23.7 Å². The molecule has 0 aromatic rings. The van der Waals surface area contributed by atoms with Gasteiger partial charge in [-0.05, 0) is 24.5 Å². The van der Waals surface area contributed by atoms with E-state index in [0.29, 0.717) is 5.92 Å². The van der Waals surface area contributed by atoms with E-state index in [1.54, 1.807) is 0 Å². The largest absolute Gasteiger partial charge is 0.0985 e. The van der Waals surface area contributed by atoms with Crippen molar-refractivity contribution in [2.75, 3.05) is 5.33 Å². The van der Waals surface area contributed by atoms with Crippen LogP contribution in [0.25, 0.3) is 0 Å². The first-order chi connectivity index (χ1) is 5.93. The molecule has 1 aliphatic rings. The van der Waals surface area contributed by atoms with Crippen LogP contribution in [0.4, 0.5) is 0 Å². The molecule has 0 amide bonds. The summed E-state index contributed by atoms with van der Waals surface area (Å²) in [5, 5.41) is 1.03. The van der Waals surface area contributed by atoms with E-state index in [-0.39, 0.29) is 0 Å². The molecule has 1 unspecified atom stereocenters. The maximum Gasteiger partial charge on any atom is 0.0129 e. The van der Waals surface area contributed by atoms with Crippen molar-refractivity contribution in [3.63, 3.8) is 0 Å². The first kappa shape index (κ1) is 9.43. The lowest BCUT2D eigenvalue weighted by Gasteiger charge is -2.06. The summed E-state index contributed by atoms with van der Waals surface area (Å²) in [6, 6.07) is 0. The van der Waals surface area contributed by atoms with E-state index >= 15 is 0 Å². The van der Waals surface area contributed by atoms with E-state index in [0.717, 1.165) is 24.6 Å². The minimum atomic E-state index is 0.665.